The minimum absolute atomic E-state index is 0.110. The predicted molar refractivity (Wildman–Crippen MR) is 74.6 cm³/mol. The van der Waals surface area contributed by atoms with Crippen molar-refractivity contribution in [2.75, 3.05) is 25.0 Å². The molecule has 0 radical (unpaired) electrons. The first-order valence-corrected chi connectivity index (χ1v) is 6.88. The largest absolute Gasteiger partial charge is 0.476 e. The monoisotopic (exact) mass is 263 g/mol. The minimum Gasteiger partial charge on any atom is -0.476 e. The molecule has 0 amide bonds. The van der Waals surface area contributed by atoms with Crippen LogP contribution in [0.3, 0.4) is 0 Å². The fraction of sp³-hybridized carbons (Fsp3) is 0.571. The van der Waals surface area contributed by atoms with Gasteiger partial charge in [0, 0.05) is 25.3 Å². The molecular weight excluding hydrogens is 242 g/mol. The molecule has 0 unspecified atom stereocenters. The molecule has 0 saturated carbocycles. The number of piperidine rings is 1. The number of aromatic carboxylic acids is 1. The Morgan fingerprint density at radius 2 is 2.26 bits per heavy atom. The number of anilines is 1. The summed E-state index contributed by atoms with van der Waals surface area (Å²) in [6, 6.07) is 3.89. The third-order valence-corrected chi connectivity index (χ3v) is 3.50. The first-order chi connectivity index (χ1) is 9.20. The first-order valence-electron chi connectivity index (χ1n) is 6.88. The van der Waals surface area contributed by atoms with E-state index in [-0.39, 0.29) is 5.69 Å². The molecular formula is C14H21N3O2. The summed E-state index contributed by atoms with van der Waals surface area (Å²) in [7, 11) is 0. The van der Waals surface area contributed by atoms with E-state index in [1.54, 1.807) is 12.1 Å². The lowest BCUT2D eigenvalue weighted by Crippen LogP contribution is -2.39. The number of carboxylic acid groups (broad SMARTS) is 1. The van der Waals surface area contributed by atoms with Gasteiger partial charge < -0.3 is 15.3 Å². The van der Waals surface area contributed by atoms with E-state index < -0.39 is 5.97 Å². The zero-order valence-electron chi connectivity index (χ0n) is 11.3. The van der Waals surface area contributed by atoms with Crippen molar-refractivity contribution in [3.8, 4) is 0 Å². The van der Waals surface area contributed by atoms with Gasteiger partial charge in [0.1, 0.15) is 0 Å². The molecule has 0 aliphatic carbocycles. The van der Waals surface area contributed by atoms with Crippen LogP contribution in [0.5, 0.6) is 0 Å². The Hall–Kier alpha value is -1.62. The Morgan fingerprint density at radius 1 is 1.53 bits per heavy atom. The highest BCUT2D eigenvalue weighted by Crippen LogP contribution is 2.19. The molecule has 104 valence electrons. The number of nitrogens with one attached hydrogen (secondary N) is 1. The van der Waals surface area contributed by atoms with Gasteiger partial charge in [0.15, 0.2) is 5.69 Å². The van der Waals surface area contributed by atoms with Crippen molar-refractivity contribution in [1.29, 1.82) is 0 Å². The topological polar surface area (TPSA) is 65.5 Å². The average Bonchev–Trinajstić information content (AvgIpc) is 2.42. The zero-order valence-corrected chi connectivity index (χ0v) is 11.3. The first kappa shape index (κ1) is 13.8. The van der Waals surface area contributed by atoms with E-state index >= 15 is 0 Å². The molecule has 0 spiro atoms. The van der Waals surface area contributed by atoms with Crippen LogP contribution in [0.4, 0.5) is 5.69 Å². The highest BCUT2D eigenvalue weighted by atomic mass is 16.4. The van der Waals surface area contributed by atoms with Crippen molar-refractivity contribution < 1.29 is 9.90 Å². The molecule has 1 fully saturated rings. The molecule has 5 heteroatoms. The van der Waals surface area contributed by atoms with Crippen LogP contribution in [-0.4, -0.2) is 46.6 Å². The smallest absolute Gasteiger partial charge is 0.356 e. The van der Waals surface area contributed by atoms with Crippen molar-refractivity contribution >= 4 is 11.7 Å². The average molecular weight is 263 g/mol. The normalized spacial score (nSPS) is 17.3. The van der Waals surface area contributed by atoms with Crippen molar-refractivity contribution in [3.05, 3.63) is 24.0 Å². The van der Waals surface area contributed by atoms with Gasteiger partial charge in [-0.1, -0.05) is 6.92 Å². The second-order valence-electron chi connectivity index (χ2n) is 4.96. The second kappa shape index (κ2) is 6.52. The van der Waals surface area contributed by atoms with Crippen LogP contribution >= 0.6 is 0 Å². The highest BCUT2D eigenvalue weighted by Gasteiger charge is 2.20. The van der Waals surface area contributed by atoms with E-state index in [2.05, 4.69) is 22.1 Å². The summed E-state index contributed by atoms with van der Waals surface area (Å²) >= 11 is 0. The molecule has 0 atom stereocenters. The summed E-state index contributed by atoms with van der Waals surface area (Å²) in [5.41, 5.74) is 0.738. The third kappa shape index (κ3) is 3.67. The lowest BCUT2D eigenvalue weighted by molar-refractivity contribution is 0.0691. The van der Waals surface area contributed by atoms with E-state index in [0.717, 1.165) is 32.5 Å². The van der Waals surface area contributed by atoms with Crippen LogP contribution in [0.1, 0.15) is 36.7 Å². The fourth-order valence-electron chi connectivity index (χ4n) is 2.53. The maximum absolute atomic E-state index is 11.1. The Labute approximate surface area is 113 Å². The highest BCUT2D eigenvalue weighted by molar-refractivity contribution is 5.91. The number of aromatic nitrogens is 1. The SMILES string of the molecule is CCCN1CCC(Nc2cccnc2C(=O)O)CC1. The standard InChI is InChI=1S/C14H21N3O2/c1-2-8-17-9-5-11(6-10-17)16-12-4-3-7-15-13(12)14(18)19/h3-4,7,11,16H,2,5-6,8-10H2,1H3,(H,18,19). The molecule has 0 aromatic carbocycles. The molecule has 1 aliphatic heterocycles. The van der Waals surface area contributed by atoms with E-state index in [1.807, 2.05) is 0 Å². The van der Waals surface area contributed by atoms with Crippen molar-refractivity contribution in [2.24, 2.45) is 0 Å². The van der Waals surface area contributed by atoms with Gasteiger partial charge in [-0.05, 0) is 37.9 Å². The Bertz CT molecular complexity index is 428. The molecule has 1 aliphatic rings. The number of likely N-dealkylation sites (tertiary alicyclic amines) is 1. The van der Waals surface area contributed by atoms with E-state index in [9.17, 15) is 4.79 Å². The molecule has 0 bridgehead atoms. The summed E-state index contributed by atoms with van der Waals surface area (Å²) in [5.74, 6) is -0.980. The number of rotatable bonds is 5. The summed E-state index contributed by atoms with van der Waals surface area (Å²) in [5, 5.41) is 12.4. The quantitative estimate of drug-likeness (QED) is 0.851. The number of hydrogen-bond donors (Lipinski definition) is 2. The van der Waals surface area contributed by atoms with Crippen LogP contribution in [0.2, 0.25) is 0 Å². The van der Waals surface area contributed by atoms with Gasteiger partial charge >= 0.3 is 5.97 Å². The molecule has 1 saturated heterocycles. The van der Waals surface area contributed by atoms with Crippen LogP contribution in [0.15, 0.2) is 18.3 Å². The molecule has 2 rings (SSSR count). The van der Waals surface area contributed by atoms with Gasteiger partial charge in [-0.2, -0.15) is 0 Å². The summed E-state index contributed by atoms with van der Waals surface area (Å²) in [4.78, 5) is 17.5. The van der Waals surface area contributed by atoms with Gasteiger partial charge in [-0.15, -0.1) is 0 Å². The van der Waals surface area contributed by atoms with Crippen LogP contribution in [0, 0.1) is 0 Å². The molecule has 1 aromatic rings. The van der Waals surface area contributed by atoms with Crippen molar-refractivity contribution in [1.82, 2.24) is 9.88 Å². The number of carbonyl (C=O) groups is 1. The number of carboxylic acids is 1. The van der Waals surface area contributed by atoms with Crippen molar-refractivity contribution in [2.45, 2.75) is 32.2 Å². The Kier molecular flexibility index (Phi) is 4.74. The maximum atomic E-state index is 11.1. The second-order valence-corrected chi connectivity index (χ2v) is 4.96. The van der Waals surface area contributed by atoms with E-state index in [0.29, 0.717) is 11.7 Å². The van der Waals surface area contributed by atoms with Gasteiger partial charge in [0.05, 0.1) is 5.69 Å². The molecule has 2 N–H and O–H groups in total. The minimum atomic E-state index is -0.980. The lowest BCUT2D eigenvalue weighted by atomic mass is 10.0. The molecule has 5 nitrogen and oxygen atoms in total. The lowest BCUT2D eigenvalue weighted by Gasteiger charge is -2.32. The zero-order chi connectivity index (χ0) is 13.7. The van der Waals surface area contributed by atoms with Crippen LogP contribution in [0.25, 0.3) is 0 Å². The van der Waals surface area contributed by atoms with Gasteiger partial charge in [-0.25, -0.2) is 9.78 Å². The maximum Gasteiger partial charge on any atom is 0.356 e. The molecule has 2 heterocycles. The number of nitrogens with zero attached hydrogens (tertiary/aromatic N) is 2. The van der Waals surface area contributed by atoms with E-state index in [4.69, 9.17) is 5.11 Å². The van der Waals surface area contributed by atoms with Gasteiger partial charge in [-0.3, -0.25) is 0 Å². The molecule has 19 heavy (non-hydrogen) atoms. The number of pyridine rings is 1. The van der Waals surface area contributed by atoms with Gasteiger partial charge in [0.25, 0.3) is 0 Å². The Morgan fingerprint density at radius 3 is 2.89 bits per heavy atom. The third-order valence-electron chi connectivity index (χ3n) is 3.50. The summed E-state index contributed by atoms with van der Waals surface area (Å²) in [6.07, 6.45) is 4.80. The molecule has 1 aromatic heterocycles. The number of hydrogen-bond acceptors (Lipinski definition) is 4. The van der Waals surface area contributed by atoms with Crippen LogP contribution < -0.4 is 5.32 Å². The summed E-state index contributed by atoms with van der Waals surface area (Å²) in [6.45, 7) is 5.50. The van der Waals surface area contributed by atoms with Crippen LogP contribution in [-0.2, 0) is 0 Å². The van der Waals surface area contributed by atoms with E-state index in [1.165, 1.54) is 12.6 Å². The van der Waals surface area contributed by atoms with Crippen molar-refractivity contribution in [3.63, 3.8) is 0 Å². The summed E-state index contributed by atoms with van der Waals surface area (Å²) < 4.78 is 0. The predicted octanol–water partition coefficient (Wildman–Crippen LogP) is 2.07. The fourth-order valence-corrected chi connectivity index (χ4v) is 2.53. The van der Waals surface area contributed by atoms with Gasteiger partial charge in [0.2, 0.25) is 0 Å². The Balaban J connectivity index is 1.94.